The molecule has 0 aromatic heterocycles. The molecule has 1 fully saturated rings. The number of aliphatic hydroxyl groups excluding tert-OH is 1. The summed E-state index contributed by atoms with van der Waals surface area (Å²) < 4.78 is 4.96. The molecule has 0 aromatic rings. The molecule has 3 heteroatoms. The maximum Gasteiger partial charge on any atom is 0.309 e. The van der Waals surface area contributed by atoms with Crippen LogP contribution in [0.2, 0.25) is 0 Å². The molecule has 1 aliphatic heterocycles. The zero-order valence-electron chi connectivity index (χ0n) is 12.2. The SMILES string of the molecule is O=C1OCCC1CCCCCCCCCCCCO. The van der Waals surface area contributed by atoms with Gasteiger partial charge in [-0.25, -0.2) is 0 Å². The monoisotopic (exact) mass is 270 g/mol. The Morgan fingerprint density at radius 1 is 0.895 bits per heavy atom. The van der Waals surface area contributed by atoms with Crippen LogP contribution >= 0.6 is 0 Å². The first kappa shape index (κ1) is 16.5. The maximum absolute atomic E-state index is 11.2. The molecule has 1 atom stereocenters. The van der Waals surface area contributed by atoms with Crippen molar-refractivity contribution in [2.45, 2.75) is 77.0 Å². The lowest BCUT2D eigenvalue weighted by Gasteiger charge is -2.05. The Morgan fingerprint density at radius 3 is 1.89 bits per heavy atom. The van der Waals surface area contributed by atoms with Gasteiger partial charge in [-0.1, -0.05) is 57.8 Å². The fourth-order valence-corrected chi connectivity index (χ4v) is 2.72. The van der Waals surface area contributed by atoms with Crippen LogP contribution in [0.3, 0.4) is 0 Å². The summed E-state index contributed by atoms with van der Waals surface area (Å²) in [6.45, 7) is 0.980. The molecule has 1 unspecified atom stereocenters. The van der Waals surface area contributed by atoms with E-state index in [0.717, 1.165) is 19.3 Å². The van der Waals surface area contributed by atoms with Gasteiger partial charge in [-0.05, 0) is 19.3 Å². The van der Waals surface area contributed by atoms with E-state index in [9.17, 15) is 4.79 Å². The average Bonchev–Trinajstić information content (AvgIpc) is 2.82. The van der Waals surface area contributed by atoms with Crippen molar-refractivity contribution in [3.8, 4) is 0 Å². The lowest BCUT2D eigenvalue weighted by molar-refractivity contribution is -0.141. The van der Waals surface area contributed by atoms with Gasteiger partial charge >= 0.3 is 5.97 Å². The van der Waals surface area contributed by atoms with Crippen LogP contribution in [-0.2, 0) is 9.53 Å². The molecule has 0 aromatic carbocycles. The number of esters is 1. The van der Waals surface area contributed by atoms with Gasteiger partial charge in [0.15, 0.2) is 0 Å². The highest BCUT2D eigenvalue weighted by atomic mass is 16.5. The summed E-state index contributed by atoms with van der Waals surface area (Å²) in [4.78, 5) is 11.2. The van der Waals surface area contributed by atoms with Crippen molar-refractivity contribution in [2.75, 3.05) is 13.2 Å². The van der Waals surface area contributed by atoms with Crippen LogP contribution in [0.15, 0.2) is 0 Å². The molecule has 1 rings (SSSR count). The number of carbonyl (C=O) groups excluding carboxylic acids is 1. The van der Waals surface area contributed by atoms with E-state index in [1.807, 2.05) is 0 Å². The molecule has 1 N–H and O–H groups in total. The Hall–Kier alpha value is -0.570. The third-order valence-corrected chi connectivity index (χ3v) is 4.00. The minimum Gasteiger partial charge on any atom is -0.465 e. The summed E-state index contributed by atoms with van der Waals surface area (Å²) in [5, 5.41) is 8.66. The minimum atomic E-state index is 0.0304. The number of aliphatic hydroxyl groups is 1. The number of hydrogen-bond donors (Lipinski definition) is 1. The van der Waals surface area contributed by atoms with Gasteiger partial charge in [0.2, 0.25) is 0 Å². The molecule has 0 aliphatic carbocycles. The predicted octanol–water partition coefficient (Wildman–Crippen LogP) is 3.83. The van der Waals surface area contributed by atoms with Crippen molar-refractivity contribution in [1.82, 2.24) is 0 Å². The van der Waals surface area contributed by atoms with E-state index >= 15 is 0 Å². The van der Waals surface area contributed by atoms with E-state index in [-0.39, 0.29) is 11.9 Å². The van der Waals surface area contributed by atoms with Gasteiger partial charge in [-0.3, -0.25) is 4.79 Å². The predicted molar refractivity (Wildman–Crippen MR) is 76.9 cm³/mol. The molecular formula is C16H30O3. The fourth-order valence-electron chi connectivity index (χ4n) is 2.72. The van der Waals surface area contributed by atoms with Crippen molar-refractivity contribution >= 4 is 5.97 Å². The van der Waals surface area contributed by atoms with Gasteiger partial charge < -0.3 is 9.84 Å². The summed E-state index contributed by atoms with van der Waals surface area (Å²) in [7, 11) is 0. The van der Waals surface area contributed by atoms with Crippen molar-refractivity contribution in [3.05, 3.63) is 0 Å². The number of rotatable bonds is 12. The third kappa shape index (κ3) is 8.25. The first-order valence-electron chi connectivity index (χ1n) is 8.12. The zero-order valence-corrected chi connectivity index (χ0v) is 12.2. The fraction of sp³-hybridized carbons (Fsp3) is 0.938. The Kier molecular flexibility index (Phi) is 9.78. The van der Waals surface area contributed by atoms with Crippen LogP contribution in [-0.4, -0.2) is 24.3 Å². The Morgan fingerprint density at radius 2 is 1.42 bits per heavy atom. The molecule has 19 heavy (non-hydrogen) atoms. The van der Waals surface area contributed by atoms with E-state index < -0.39 is 0 Å². The van der Waals surface area contributed by atoms with Crippen LogP contribution in [0.4, 0.5) is 0 Å². The molecule has 1 heterocycles. The molecule has 0 spiro atoms. The third-order valence-electron chi connectivity index (χ3n) is 4.00. The van der Waals surface area contributed by atoms with Gasteiger partial charge in [0.25, 0.3) is 0 Å². The minimum absolute atomic E-state index is 0.0304. The summed E-state index contributed by atoms with van der Waals surface area (Å²) >= 11 is 0. The van der Waals surface area contributed by atoms with Crippen molar-refractivity contribution in [3.63, 3.8) is 0 Å². The smallest absolute Gasteiger partial charge is 0.309 e. The topological polar surface area (TPSA) is 46.5 Å². The van der Waals surface area contributed by atoms with Crippen molar-refractivity contribution in [2.24, 2.45) is 5.92 Å². The molecule has 1 saturated heterocycles. The summed E-state index contributed by atoms with van der Waals surface area (Å²) in [6, 6.07) is 0. The van der Waals surface area contributed by atoms with Crippen LogP contribution in [0.1, 0.15) is 77.0 Å². The number of unbranched alkanes of at least 4 members (excludes halogenated alkanes) is 9. The Bertz CT molecular complexity index is 228. The molecule has 112 valence electrons. The Labute approximate surface area is 117 Å². The second-order valence-electron chi connectivity index (χ2n) is 5.70. The first-order valence-corrected chi connectivity index (χ1v) is 8.12. The standard InChI is InChI=1S/C16H30O3/c17-13-10-8-6-4-2-1-3-5-7-9-11-15-12-14-19-16(15)18/h15,17H,1-14H2. The summed E-state index contributed by atoms with van der Waals surface area (Å²) in [6.07, 6.45) is 14.4. The average molecular weight is 270 g/mol. The van der Waals surface area contributed by atoms with E-state index in [1.54, 1.807) is 0 Å². The number of carbonyl (C=O) groups is 1. The molecule has 0 saturated carbocycles. The molecular weight excluding hydrogens is 240 g/mol. The van der Waals surface area contributed by atoms with Crippen LogP contribution < -0.4 is 0 Å². The lowest BCUT2D eigenvalue weighted by atomic mass is 9.99. The molecule has 0 amide bonds. The summed E-state index contributed by atoms with van der Waals surface area (Å²) in [5.74, 6) is 0.231. The van der Waals surface area contributed by atoms with Gasteiger partial charge in [-0.2, -0.15) is 0 Å². The second-order valence-corrected chi connectivity index (χ2v) is 5.70. The van der Waals surface area contributed by atoms with Crippen LogP contribution in [0, 0.1) is 5.92 Å². The highest BCUT2D eigenvalue weighted by Crippen LogP contribution is 2.21. The van der Waals surface area contributed by atoms with Crippen molar-refractivity contribution in [1.29, 1.82) is 0 Å². The Balaban J connectivity index is 1.75. The molecule has 1 aliphatic rings. The van der Waals surface area contributed by atoms with Gasteiger partial charge in [0.05, 0.1) is 12.5 Å². The second kappa shape index (κ2) is 11.3. The van der Waals surface area contributed by atoms with Gasteiger partial charge in [0.1, 0.15) is 0 Å². The maximum atomic E-state index is 11.2. The number of ether oxygens (including phenoxy) is 1. The van der Waals surface area contributed by atoms with Crippen LogP contribution in [0.25, 0.3) is 0 Å². The molecule has 0 radical (unpaired) electrons. The van der Waals surface area contributed by atoms with Gasteiger partial charge in [-0.15, -0.1) is 0 Å². The largest absolute Gasteiger partial charge is 0.465 e. The number of hydrogen-bond acceptors (Lipinski definition) is 3. The lowest BCUT2D eigenvalue weighted by Crippen LogP contribution is -2.06. The first-order chi connectivity index (χ1) is 9.34. The van der Waals surface area contributed by atoms with Crippen LogP contribution in [0.5, 0.6) is 0 Å². The highest BCUT2D eigenvalue weighted by molar-refractivity contribution is 5.73. The van der Waals surface area contributed by atoms with Crippen molar-refractivity contribution < 1.29 is 14.6 Å². The normalized spacial score (nSPS) is 18.8. The summed E-state index contributed by atoms with van der Waals surface area (Å²) in [5.41, 5.74) is 0. The van der Waals surface area contributed by atoms with Gasteiger partial charge in [0, 0.05) is 6.61 Å². The van der Waals surface area contributed by atoms with E-state index in [1.165, 1.54) is 57.8 Å². The molecule has 0 bridgehead atoms. The van der Waals surface area contributed by atoms with E-state index in [2.05, 4.69) is 0 Å². The molecule has 3 nitrogen and oxygen atoms in total. The quantitative estimate of drug-likeness (QED) is 0.433. The number of cyclic esters (lactones) is 1. The van der Waals surface area contributed by atoms with E-state index in [0.29, 0.717) is 13.2 Å². The highest BCUT2D eigenvalue weighted by Gasteiger charge is 2.25. The zero-order chi connectivity index (χ0) is 13.8. The van der Waals surface area contributed by atoms with E-state index in [4.69, 9.17) is 9.84 Å².